The van der Waals surface area contributed by atoms with Crippen LogP contribution in [0.15, 0.2) is 53.9 Å². The molecule has 0 radical (unpaired) electrons. The van der Waals surface area contributed by atoms with Crippen LogP contribution < -0.4 is 14.8 Å². The number of likely N-dealkylation sites (tertiary alicyclic amines) is 1. The second kappa shape index (κ2) is 9.66. The zero-order valence-corrected chi connectivity index (χ0v) is 20.1. The number of hydrogen-bond acceptors (Lipinski definition) is 9. The van der Waals surface area contributed by atoms with Crippen LogP contribution in [0.3, 0.4) is 0 Å². The van der Waals surface area contributed by atoms with Crippen LogP contribution in [0.25, 0.3) is 0 Å². The summed E-state index contributed by atoms with van der Waals surface area (Å²) in [7, 11) is -1.77. The fourth-order valence-electron chi connectivity index (χ4n) is 3.32. The number of aryl methyl sites for hydroxylation is 1. The van der Waals surface area contributed by atoms with Gasteiger partial charge in [0.05, 0.1) is 24.3 Å². The van der Waals surface area contributed by atoms with Gasteiger partial charge in [0.2, 0.25) is 0 Å². The van der Waals surface area contributed by atoms with E-state index in [2.05, 4.69) is 20.3 Å². The van der Waals surface area contributed by atoms with Crippen molar-refractivity contribution >= 4 is 27.5 Å². The first-order chi connectivity index (χ1) is 16.6. The molecule has 1 fully saturated rings. The van der Waals surface area contributed by atoms with Crippen LogP contribution in [0.4, 0.5) is 5.82 Å². The number of carbonyl (C=O) groups excluding carboxylic acids is 2. The summed E-state index contributed by atoms with van der Waals surface area (Å²) in [4.78, 5) is 38.9. The van der Waals surface area contributed by atoms with Crippen LogP contribution in [-0.4, -0.2) is 66.0 Å². The largest absolute Gasteiger partial charge is 0.480 e. The number of rotatable bonds is 7. The number of nitrogens with one attached hydrogen (secondary N) is 1. The molecule has 182 valence electrons. The number of pyridine rings is 1. The van der Waals surface area contributed by atoms with Crippen molar-refractivity contribution in [3.63, 3.8) is 0 Å². The summed E-state index contributed by atoms with van der Waals surface area (Å²) < 4.78 is 35.0. The highest BCUT2D eigenvalue weighted by Gasteiger charge is 2.31. The molecule has 2 amide bonds. The van der Waals surface area contributed by atoms with Gasteiger partial charge in [-0.25, -0.2) is 18.4 Å². The number of hydrogen-bond donors (Lipinski definition) is 1. The van der Waals surface area contributed by atoms with Gasteiger partial charge >= 0.3 is 0 Å². The maximum atomic E-state index is 12.9. The number of likely N-dealkylation sites (N-methyl/N-ethyl adjacent to an activating group) is 1. The van der Waals surface area contributed by atoms with Crippen LogP contribution in [0, 0.1) is 6.92 Å². The summed E-state index contributed by atoms with van der Waals surface area (Å²) in [5, 5.41) is 2.57. The molecule has 0 saturated carbocycles. The Labute approximate surface area is 202 Å². The topological polar surface area (TPSA) is 141 Å². The van der Waals surface area contributed by atoms with Gasteiger partial charge in [0, 0.05) is 37.9 Å². The van der Waals surface area contributed by atoms with Crippen molar-refractivity contribution in [1.82, 2.24) is 19.9 Å². The minimum Gasteiger partial charge on any atom is -0.480 e. The van der Waals surface area contributed by atoms with Gasteiger partial charge in [0.1, 0.15) is 17.2 Å². The van der Waals surface area contributed by atoms with Gasteiger partial charge in [0.15, 0.2) is 26.8 Å². The molecule has 0 aliphatic carbocycles. The number of aromatic nitrogens is 3. The van der Waals surface area contributed by atoms with Crippen LogP contribution in [0.5, 0.6) is 17.2 Å². The van der Waals surface area contributed by atoms with Gasteiger partial charge in [-0.15, -0.1) is 0 Å². The Hall–Kier alpha value is -4.06. The van der Waals surface area contributed by atoms with Crippen LogP contribution in [0.2, 0.25) is 0 Å². The van der Waals surface area contributed by atoms with Gasteiger partial charge in [-0.1, -0.05) is 0 Å². The number of sulfone groups is 1. The van der Waals surface area contributed by atoms with E-state index >= 15 is 0 Å². The zero-order chi connectivity index (χ0) is 25.2. The summed E-state index contributed by atoms with van der Waals surface area (Å²) >= 11 is 0. The maximum Gasteiger partial charge on any atom is 0.263 e. The molecule has 1 unspecified atom stereocenters. The van der Waals surface area contributed by atoms with E-state index in [1.807, 2.05) is 0 Å². The van der Waals surface area contributed by atoms with E-state index in [-0.39, 0.29) is 39.6 Å². The Balaban J connectivity index is 1.62. The number of nitrogens with zero attached hydrogens (tertiary/aromatic N) is 4. The molecule has 3 aromatic rings. The van der Waals surface area contributed by atoms with Gasteiger partial charge < -0.3 is 19.7 Å². The number of ether oxygens (including phenoxy) is 2. The SMILES string of the molecule is Cc1cnc(NC(=O)c2cc(Oc3ccc(S(C)(=O)=O)nc3)cc(OC3CCN(C)C3=O)c2)cn1. The second-order valence-corrected chi connectivity index (χ2v) is 10.0. The second-order valence-electron chi connectivity index (χ2n) is 8.05. The summed E-state index contributed by atoms with van der Waals surface area (Å²) in [5.74, 6) is 0.369. The first kappa shape index (κ1) is 24.1. The fourth-order valence-corrected chi connectivity index (χ4v) is 3.88. The van der Waals surface area contributed by atoms with Crippen molar-refractivity contribution < 1.29 is 27.5 Å². The summed E-state index contributed by atoms with van der Waals surface area (Å²) in [5.41, 5.74) is 0.898. The highest BCUT2D eigenvalue weighted by Crippen LogP contribution is 2.30. The van der Waals surface area contributed by atoms with Gasteiger partial charge in [-0.05, 0) is 31.2 Å². The maximum absolute atomic E-state index is 12.9. The average Bonchev–Trinajstić information content (AvgIpc) is 3.12. The summed E-state index contributed by atoms with van der Waals surface area (Å²) in [6.07, 6.45) is 5.12. The lowest BCUT2D eigenvalue weighted by atomic mass is 10.1. The highest BCUT2D eigenvalue weighted by atomic mass is 32.2. The molecule has 1 aliphatic heterocycles. The first-order valence-electron chi connectivity index (χ1n) is 10.6. The zero-order valence-electron chi connectivity index (χ0n) is 19.3. The third kappa shape index (κ3) is 5.90. The molecule has 0 spiro atoms. The number of benzene rings is 1. The molecule has 1 aliphatic rings. The molecular formula is C23H23N5O6S. The molecule has 12 heteroatoms. The molecule has 3 heterocycles. The summed E-state index contributed by atoms with van der Waals surface area (Å²) in [6.45, 7) is 2.35. The lowest BCUT2D eigenvalue weighted by Gasteiger charge is -2.15. The van der Waals surface area contributed by atoms with Crippen LogP contribution in [-0.2, 0) is 14.6 Å². The van der Waals surface area contributed by atoms with Crippen LogP contribution >= 0.6 is 0 Å². The molecule has 4 rings (SSSR count). The average molecular weight is 498 g/mol. The molecule has 0 bridgehead atoms. The van der Waals surface area contributed by atoms with Crippen molar-refractivity contribution in [1.29, 1.82) is 0 Å². The molecule has 1 N–H and O–H groups in total. The van der Waals surface area contributed by atoms with Crippen molar-refractivity contribution in [3.05, 3.63) is 60.2 Å². The summed E-state index contributed by atoms with van der Waals surface area (Å²) in [6, 6.07) is 7.30. The van der Waals surface area contributed by atoms with E-state index in [0.717, 1.165) is 6.26 Å². The third-order valence-electron chi connectivity index (χ3n) is 5.15. The Morgan fingerprint density at radius 1 is 1.06 bits per heavy atom. The molecule has 11 nitrogen and oxygen atoms in total. The molecule has 35 heavy (non-hydrogen) atoms. The Bertz CT molecular complexity index is 1360. The molecule has 2 aromatic heterocycles. The Morgan fingerprint density at radius 3 is 2.43 bits per heavy atom. The number of anilines is 1. The molecular weight excluding hydrogens is 474 g/mol. The fraction of sp³-hybridized carbons (Fsp3) is 0.261. The molecule has 1 saturated heterocycles. The quantitative estimate of drug-likeness (QED) is 0.520. The Morgan fingerprint density at radius 2 is 1.83 bits per heavy atom. The van der Waals surface area contributed by atoms with Crippen molar-refractivity contribution in [3.8, 4) is 17.2 Å². The van der Waals surface area contributed by atoms with E-state index in [9.17, 15) is 18.0 Å². The predicted octanol–water partition coefficient (Wildman–Crippen LogP) is 2.24. The van der Waals surface area contributed by atoms with E-state index < -0.39 is 21.8 Å². The van der Waals surface area contributed by atoms with E-state index in [1.165, 1.54) is 42.9 Å². The van der Waals surface area contributed by atoms with Crippen molar-refractivity contribution in [2.45, 2.75) is 24.5 Å². The predicted molar refractivity (Wildman–Crippen MR) is 125 cm³/mol. The normalized spacial score (nSPS) is 15.7. The first-order valence-corrected chi connectivity index (χ1v) is 12.5. The van der Waals surface area contributed by atoms with E-state index in [4.69, 9.17) is 9.47 Å². The van der Waals surface area contributed by atoms with E-state index in [0.29, 0.717) is 18.7 Å². The van der Waals surface area contributed by atoms with Crippen molar-refractivity contribution in [2.24, 2.45) is 0 Å². The van der Waals surface area contributed by atoms with Gasteiger partial charge in [-0.2, -0.15) is 0 Å². The lowest BCUT2D eigenvalue weighted by molar-refractivity contribution is -0.132. The number of amides is 2. The molecule has 1 atom stereocenters. The third-order valence-corrected chi connectivity index (χ3v) is 6.15. The smallest absolute Gasteiger partial charge is 0.263 e. The minimum absolute atomic E-state index is 0.0925. The molecule has 1 aromatic carbocycles. The number of carbonyl (C=O) groups is 2. The Kier molecular flexibility index (Phi) is 6.65. The highest BCUT2D eigenvalue weighted by molar-refractivity contribution is 7.90. The van der Waals surface area contributed by atoms with Crippen molar-refractivity contribution in [2.75, 3.05) is 25.2 Å². The monoisotopic (exact) mass is 497 g/mol. The van der Waals surface area contributed by atoms with Gasteiger partial charge in [0.25, 0.3) is 11.8 Å². The standard InChI is InChI=1S/C23H23N5O6S/c1-14-11-25-20(13-24-14)27-22(29)15-8-17(33-16-4-5-21(26-12-16)35(3,31)32)10-18(9-15)34-19-6-7-28(2)23(19)30/h4-5,8-13,19H,6-7H2,1-3H3,(H,25,27,29). The van der Waals surface area contributed by atoms with E-state index in [1.54, 1.807) is 24.9 Å². The minimum atomic E-state index is -3.46. The van der Waals surface area contributed by atoms with Crippen LogP contribution in [0.1, 0.15) is 22.5 Å². The lowest BCUT2D eigenvalue weighted by Crippen LogP contribution is -2.29. The van der Waals surface area contributed by atoms with Gasteiger partial charge in [-0.3, -0.25) is 14.6 Å².